The smallest absolute Gasteiger partial charge is 0.115 e. The highest BCUT2D eigenvalue weighted by Crippen LogP contribution is 2.32. The number of H-pyrrole nitrogens is 1. The van der Waals surface area contributed by atoms with Gasteiger partial charge in [0.25, 0.3) is 0 Å². The Hall–Kier alpha value is -2.55. The number of nitrogens with zero attached hydrogens (tertiary/aromatic N) is 1. The highest BCUT2D eigenvalue weighted by Gasteiger charge is 2.14. The fourth-order valence-electron chi connectivity index (χ4n) is 2.96. The molecule has 0 saturated heterocycles. The van der Waals surface area contributed by atoms with Gasteiger partial charge in [0.1, 0.15) is 5.75 Å². The molecule has 0 amide bonds. The van der Waals surface area contributed by atoms with Crippen LogP contribution in [0.15, 0.2) is 60.9 Å². The normalized spacial score (nSPS) is 12.2. The highest BCUT2D eigenvalue weighted by atomic mass is 16.3. The number of rotatable bonds is 6. The number of benzene rings is 2. The van der Waals surface area contributed by atoms with Crippen molar-refractivity contribution in [1.82, 2.24) is 10.2 Å². The minimum absolute atomic E-state index is 0.318. The lowest BCUT2D eigenvalue weighted by molar-refractivity contribution is 0.475. The Bertz CT molecular complexity index is 715. The molecule has 3 rings (SSSR count). The maximum Gasteiger partial charge on any atom is 0.115 e. The first kappa shape index (κ1) is 15.3. The minimum atomic E-state index is 0.318. The fourth-order valence-corrected chi connectivity index (χ4v) is 2.96. The van der Waals surface area contributed by atoms with Gasteiger partial charge in [0.05, 0.1) is 6.20 Å². The van der Waals surface area contributed by atoms with Crippen molar-refractivity contribution in [3.63, 3.8) is 0 Å². The topological polar surface area (TPSA) is 48.9 Å². The van der Waals surface area contributed by atoms with Gasteiger partial charge in [-0.15, -0.1) is 0 Å². The van der Waals surface area contributed by atoms with Crippen LogP contribution in [0.3, 0.4) is 0 Å². The van der Waals surface area contributed by atoms with Crippen LogP contribution in [0.2, 0.25) is 0 Å². The fraction of sp³-hybridized carbons (Fsp3) is 0.250. The zero-order valence-corrected chi connectivity index (χ0v) is 13.4. The van der Waals surface area contributed by atoms with E-state index in [-0.39, 0.29) is 0 Å². The van der Waals surface area contributed by atoms with Crippen LogP contribution < -0.4 is 0 Å². The van der Waals surface area contributed by atoms with E-state index in [4.69, 9.17) is 0 Å². The number of hydrogen-bond acceptors (Lipinski definition) is 2. The summed E-state index contributed by atoms with van der Waals surface area (Å²) in [6, 6.07) is 16.3. The summed E-state index contributed by atoms with van der Waals surface area (Å²) in [5, 5.41) is 16.4. The van der Waals surface area contributed by atoms with Crippen molar-refractivity contribution in [3.8, 4) is 16.9 Å². The number of nitrogens with one attached hydrogen (secondary N) is 1. The summed E-state index contributed by atoms with van der Waals surface area (Å²) in [5.74, 6) is 0.687. The van der Waals surface area contributed by atoms with Gasteiger partial charge in [-0.05, 0) is 35.2 Å². The highest BCUT2D eigenvalue weighted by molar-refractivity contribution is 5.62. The molecule has 3 nitrogen and oxygen atoms in total. The summed E-state index contributed by atoms with van der Waals surface area (Å²) < 4.78 is 0. The van der Waals surface area contributed by atoms with Crippen molar-refractivity contribution >= 4 is 0 Å². The molecule has 23 heavy (non-hydrogen) atoms. The van der Waals surface area contributed by atoms with Gasteiger partial charge in [-0.3, -0.25) is 5.10 Å². The molecule has 1 unspecified atom stereocenters. The lowest BCUT2D eigenvalue weighted by Gasteiger charge is -2.18. The van der Waals surface area contributed by atoms with Crippen LogP contribution in [0.1, 0.15) is 43.2 Å². The zero-order chi connectivity index (χ0) is 16.1. The summed E-state index contributed by atoms with van der Waals surface area (Å²) in [5.41, 5.74) is 4.84. The van der Waals surface area contributed by atoms with E-state index in [2.05, 4.69) is 41.4 Å². The Morgan fingerprint density at radius 2 is 1.61 bits per heavy atom. The SMILES string of the molecule is CCCCC(c1ccc(O)cc1)c1ccc(-c2cn[nH]c2)cc1. The second-order valence-corrected chi connectivity index (χ2v) is 5.90. The number of hydrogen-bond donors (Lipinski definition) is 2. The number of aromatic nitrogens is 2. The summed E-state index contributed by atoms with van der Waals surface area (Å²) >= 11 is 0. The third-order valence-electron chi connectivity index (χ3n) is 4.29. The summed E-state index contributed by atoms with van der Waals surface area (Å²) in [6.45, 7) is 2.22. The summed E-state index contributed by atoms with van der Waals surface area (Å²) in [4.78, 5) is 0. The first-order valence-corrected chi connectivity index (χ1v) is 8.16. The van der Waals surface area contributed by atoms with Crippen molar-refractivity contribution in [1.29, 1.82) is 0 Å². The van der Waals surface area contributed by atoms with Crippen molar-refractivity contribution < 1.29 is 5.11 Å². The van der Waals surface area contributed by atoms with E-state index < -0.39 is 0 Å². The number of unbranched alkanes of at least 4 members (excludes halogenated alkanes) is 1. The molecule has 1 heterocycles. The van der Waals surface area contributed by atoms with Crippen LogP contribution in [-0.4, -0.2) is 15.3 Å². The van der Waals surface area contributed by atoms with E-state index in [1.165, 1.54) is 29.5 Å². The van der Waals surface area contributed by atoms with Crippen LogP contribution in [0, 0.1) is 0 Å². The van der Waals surface area contributed by atoms with Gasteiger partial charge in [0.15, 0.2) is 0 Å². The molecule has 1 atom stereocenters. The average Bonchev–Trinajstić information content (AvgIpc) is 3.12. The van der Waals surface area contributed by atoms with Crippen molar-refractivity contribution in [2.45, 2.75) is 32.1 Å². The predicted molar refractivity (Wildman–Crippen MR) is 93.5 cm³/mol. The Morgan fingerprint density at radius 1 is 0.957 bits per heavy atom. The maximum absolute atomic E-state index is 9.52. The molecule has 0 aliphatic heterocycles. The van der Waals surface area contributed by atoms with Gasteiger partial charge in [-0.1, -0.05) is 56.2 Å². The van der Waals surface area contributed by atoms with Crippen molar-refractivity contribution in [2.75, 3.05) is 0 Å². The molecule has 0 spiro atoms. The number of phenolic OH excluding ortho intramolecular Hbond substituents is 1. The first-order valence-electron chi connectivity index (χ1n) is 8.16. The molecule has 2 N–H and O–H groups in total. The molecular weight excluding hydrogens is 284 g/mol. The molecule has 118 valence electrons. The molecule has 1 aromatic heterocycles. The molecule has 2 aromatic carbocycles. The van der Waals surface area contributed by atoms with E-state index in [0.717, 1.165) is 12.0 Å². The van der Waals surface area contributed by atoms with Gasteiger partial charge < -0.3 is 5.11 Å². The van der Waals surface area contributed by atoms with Gasteiger partial charge >= 0.3 is 0 Å². The second-order valence-electron chi connectivity index (χ2n) is 5.90. The van der Waals surface area contributed by atoms with Crippen LogP contribution >= 0.6 is 0 Å². The number of aromatic amines is 1. The van der Waals surface area contributed by atoms with Crippen LogP contribution in [-0.2, 0) is 0 Å². The molecule has 0 aliphatic carbocycles. The Labute approximate surface area is 137 Å². The standard InChI is InChI=1S/C20H22N2O/c1-2-3-4-20(17-9-11-19(23)12-10-17)16-7-5-15(6-8-16)18-13-21-22-14-18/h5-14,20,23H,2-4H2,1H3,(H,21,22). The quantitative estimate of drug-likeness (QED) is 0.665. The van der Waals surface area contributed by atoms with Crippen LogP contribution in [0.5, 0.6) is 5.75 Å². The van der Waals surface area contributed by atoms with E-state index >= 15 is 0 Å². The number of aromatic hydroxyl groups is 1. The number of phenols is 1. The lowest BCUT2D eigenvalue weighted by Crippen LogP contribution is -2.01. The molecule has 0 bridgehead atoms. The minimum Gasteiger partial charge on any atom is -0.508 e. The van der Waals surface area contributed by atoms with Crippen LogP contribution in [0.25, 0.3) is 11.1 Å². The Kier molecular flexibility index (Phi) is 4.77. The summed E-state index contributed by atoms with van der Waals surface area (Å²) in [7, 11) is 0. The first-order chi connectivity index (χ1) is 11.3. The molecule has 3 heteroatoms. The van der Waals surface area contributed by atoms with Gasteiger partial charge in [0.2, 0.25) is 0 Å². The summed E-state index contributed by atoms with van der Waals surface area (Å²) in [6.07, 6.45) is 7.23. The van der Waals surface area contributed by atoms with Gasteiger partial charge in [-0.25, -0.2) is 0 Å². The molecule has 3 aromatic rings. The molecule has 0 radical (unpaired) electrons. The molecule has 0 saturated carbocycles. The van der Waals surface area contributed by atoms with Crippen LogP contribution in [0.4, 0.5) is 0 Å². The third kappa shape index (κ3) is 3.62. The Balaban J connectivity index is 1.88. The van der Waals surface area contributed by atoms with Gasteiger partial charge in [-0.2, -0.15) is 5.10 Å². The largest absolute Gasteiger partial charge is 0.508 e. The van der Waals surface area contributed by atoms with E-state index in [1.807, 2.05) is 24.5 Å². The van der Waals surface area contributed by atoms with Crippen molar-refractivity contribution in [2.24, 2.45) is 0 Å². The zero-order valence-electron chi connectivity index (χ0n) is 13.4. The van der Waals surface area contributed by atoms with Crippen molar-refractivity contribution in [3.05, 3.63) is 72.1 Å². The second kappa shape index (κ2) is 7.14. The Morgan fingerprint density at radius 3 is 2.17 bits per heavy atom. The van der Waals surface area contributed by atoms with Gasteiger partial charge in [0, 0.05) is 17.7 Å². The van der Waals surface area contributed by atoms with E-state index in [1.54, 1.807) is 12.1 Å². The van der Waals surface area contributed by atoms with E-state index in [0.29, 0.717) is 11.7 Å². The molecule has 0 fully saturated rings. The van der Waals surface area contributed by atoms with E-state index in [9.17, 15) is 5.11 Å². The maximum atomic E-state index is 9.52. The monoisotopic (exact) mass is 306 g/mol. The third-order valence-corrected chi connectivity index (χ3v) is 4.29. The lowest BCUT2D eigenvalue weighted by atomic mass is 9.86. The average molecular weight is 306 g/mol. The molecular formula is C20H22N2O. The molecule has 0 aliphatic rings. The predicted octanol–water partition coefficient (Wildman–Crippen LogP) is 5.10.